The van der Waals surface area contributed by atoms with Gasteiger partial charge >= 0.3 is 0 Å². The van der Waals surface area contributed by atoms with Gasteiger partial charge in [0.15, 0.2) is 23.1 Å². The van der Waals surface area contributed by atoms with Crippen molar-refractivity contribution in [2.45, 2.75) is 25.7 Å². The number of ether oxygens (including phenoxy) is 1. The van der Waals surface area contributed by atoms with Gasteiger partial charge in [-0.05, 0) is 84.1 Å². The summed E-state index contributed by atoms with van der Waals surface area (Å²) < 4.78 is 5.79. The fourth-order valence-electron chi connectivity index (χ4n) is 7.24. The molecule has 8 nitrogen and oxygen atoms in total. The first kappa shape index (κ1) is 29.0. The maximum Gasteiger partial charge on any atom is 0.238 e. The molecule has 3 aromatic carbocycles. The average molecular weight is 666 g/mol. The molecule has 3 aliphatic carbocycles. The van der Waals surface area contributed by atoms with Gasteiger partial charge in [-0.25, -0.2) is 0 Å². The highest BCUT2D eigenvalue weighted by molar-refractivity contribution is 9.12. The molecule has 3 aromatic rings. The number of para-hydroxylation sites is 2. The Hall–Kier alpha value is -4.76. The summed E-state index contributed by atoms with van der Waals surface area (Å²) in [6.45, 7) is 2.13. The zero-order valence-electron chi connectivity index (χ0n) is 24.3. The van der Waals surface area contributed by atoms with Gasteiger partial charge in [-0.1, -0.05) is 42.0 Å². The highest BCUT2D eigenvalue weighted by Crippen LogP contribution is 2.57. The Morgan fingerprint density at radius 2 is 1.64 bits per heavy atom. The molecule has 4 atom stereocenters. The predicted molar refractivity (Wildman–Crippen MR) is 173 cm³/mol. The summed E-state index contributed by atoms with van der Waals surface area (Å²) in [4.78, 5) is 56.3. The van der Waals surface area contributed by atoms with E-state index < -0.39 is 23.7 Å². The number of anilines is 3. The van der Waals surface area contributed by atoms with Gasteiger partial charge in [-0.3, -0.25) is 24.1 Å². The molecular formula is C36H29BrN2O6. The number of phenols is 1. The topological polar surface area (TPSA) is 113 Å². The Morgan fingerprint density at radius 1 is 0.911 bits per heavy atom. The summed E-state index contributed by atoms with van der Waals surface area (Å²) in [6, 6.07) is 21.9. The Morgan fingerprint density at radius 3 is 2.38 bits per heavy atom. The van der Waals surface area contributed by atoms with Crippen LogP contribution in [0.1, 0.15) is 31.2 Å². The quantitative estimate of drug-likeness (QED) is 0.176. The molecule has 2 amide bonds. The number of hydrogen-bond acceptors (Lipinski definition) is 7. The van der Waals surface area contributed by atoms with Crippen LogP contribution in [-0.2, 0) is 19.2 Å². The van der Waals surface area contributed by atoms with E-state index in [1.165, 1.54) is 11.0 Å². The van der Waals surface area contributed by atoms with Crippen LogP contribution in [0.2, 0.25) is 0 Å². The average Bonchev–Trinajstić information content (AvgIpc) is 3.30. The van der Waals surface area contributed by atoms with Crippen molar-refractivity contribution in [3.63, 3.8) is 0 Å². The number of nitrogens with zero attached hydrogens (tertiary/aromatic N) is 1. The van der Waals surface area contributed by atoms with Crippen molar-refractivity contribution in [3.05, 3.63) is 112 Å². The highest BCUT2D eigenvalue weighted by atomic mass is 79.9. The number of aromatic hydroxyl groups is 1. The van der Waals surface area contributed by atoms with Gasteiger partial charge in [0.1, 0.15) is 0 Å². The van der Waals surface area contributed by atoms with Gasteiger partial charge in [-0.15, -0.1) is 0 Å². The van der Waals surface area contributed by atoms with Crippen LogP contribution in [0.4, 0.5) is 17.1 Å². The molecule has 0 radical (unpaired) electrons. The van der Waals surface area contributed by atoms with Crippen molar-refractivity contribution in [1.82, 2.24) is 0 Å². The second-order valence-corrected chi connectivity index (χ2v) is 12.4. The number of phenolic OH excluding ortho intramolecular Hbond substituents is 1. The van der Waals surface area contributed by atoms with Crippen molar-refractivity contribution in [2.24, 2.45) is 17.8 Å². The van der Waals surface area contributed by atoms with Crippen LogP contribution >= 0.6 is 15.9 Å². The van der Waals surface area contributed by atoms with Gasteiger partial charge in [0.25, 0.3) is 0 Å². The van der Waals surface area contributed by atoms with Crippen molar-refractivity contribution in [1.29, 1.82) is 0 Å². The largest absolute Gasteiger partial charge is 0.504 e. The van der Waals surface area contributed by atoms with Gasteiger partial charge in [0, 0.05) is 40.1 Å². The molecule has 1 saturated heterocycles. The Labute approximate surface area is 268 Å². The molecule has 45 heavy (non-hydrogen) atoms. The Kier molecular flexibility index (Phi) is 7.28. The zero-order chi connectivity index (χ0) is 31.4. The van der Waals surface area contributed by atoms with E-state index in [2.05, 4.69) is 21.2 Å². The normalized spacial score (nSPS) is 24.1. The number of halogens is 1. The van der Waals surface area contributed by atoms with Crippen LogP contribution in [0.3, 0.4) is 0 Å². The van der Waals surface area contributed by atoms with Crippen LogP contribution in [0.25, 0.3) is 0 Å². The fourth-order valence-corrected chi connectivity index (χ4v) is 7.69. The SMILES string of the molecule is CCOc1cccc([C@H]2C3=CC[C@@H]4C(=O)N(c5ccc(Nc6ccccc6)cc5)C(=O)[C@@H]4[C@@H]3CC3=C2C(=O)C=C(Br)C3=O)c1O. The number of fused-ring (bicyclic) bond motifs is 3. The van der Waals surface area contributed by atoms with E-state index in [1.54, 1.807) is 37.3 Å². The number of benzene rings is 3. The third-order valence-corrected chi connectivity index (χ3v) is 9.75. The first-order valence-electron chi connectivity index (χ1n) is 14.9. The standard InChI is InChI=1S/C36H29BrN2O6/c1-2-45-29-10-6-9-23(34(29)42)30-22-15-16-24-31(25(22)17-26-32(30)28(40)18-27(37)33(26)41)36(44)39(35(24)43)21-13-11-20(12-14-21)38-19-7-4-3-5-8-19/h3-15,18,24-25,30-31,38,42H,2,16-17H2,1H3/t24-,25+,30+,31-/m0/s1. The second-order valence-electron chi connectivity index (χ2n) is 11.6. The smallest absolute Gasteiger partial charge is 0.238 e. The third-order valence-electron chi connectivity index (χ3n) is 9.16. The monoisotopic (exact) mass is 664 g/mol. The number of carbonyl (C=O) groups is 4. The number of hydrogen-bond donors (Lipinski definition) is 2. The maximum atomic E-state index is 14.2. The summed E-state index contributed by atoms with van der Waals surface area (Å²) in [5.41, 5.74) is 3.99. The molecular weight excluding hydrogens is 636 g/mol. The number of imide groups is 1. The number of amides is 2. The van der Waals surface area contributed by atoms with E-state index in [9.17, 15) is 24.3 Å². The Balaban J connectivity index is 1.26. The molecule has 0 aromatic heterocycles. The zero-order valence-corrected chi connectivity index (χ0v) is 25.9. The number of ketones is 2. The number of Topliss-reactive ketones (excluding diaryl/α,β-unsaturated/α-hetero) is 1. The summed E-state index contributed by atoms with van der Waals surface area (Å²) >= 11 is 3.25. The van der Waals surface area contributed by atoms with Crippen molar-refractivity contribution >= 4 is 56.4 Å². The maximum absolute atomic E-state index is 14.2. The van der Waals surface area contributed by atoms with Crippen LogP contribution < -0.4 is 15.0 Å². The summed E-state index contributed by atoms with van der Waals surface area (Å²) in [5.74, 6) is -3.73. The lowest BCUT2D eigenvalue weighted by molar-refractivity contribution is -0.123. The fraction of sp³-hybridized carbons (Fsp3) is 0.222. The van der Waals surface area contributed by atoms with Crippen LogP contribution in [0, 0.1) is 17.8 Å². The minimum atomic E-state index is -0.770. The van der Waals surface area contributed by atoms with Gasteiger partial charge in [0.2, 0.25) is 11.8 Å². The third kappa shape index (κ3) is 4.73. The molecule has 1 heterocycles. The first-order valence-corrected chi connectivity index (χ1v) is 15.7. The van der Waals surface area contributed by atoms with Crippen molar-refractivity contribution in [3.8, 4) is 11.5 Å². The number of carbonyl (C=O) groups excluding carboxylic acids is 4. The van der Waals surface area contributed by atoms with Crippen LogP contribution in [0.5, 0.6) is 11.5 Å². The number of allylic oxidation sites excluding steroid dienone is 6. The molecule has 0 spiro atoms. The highest BCUT2D eigenvalue weighted by Gasteiger charge is 2.57. The molecule has 2 N–H and O–H groups in total. The van der Waals surface area contributed by atoms with Crippen molar-refractivity contribution in [2.75, 3.05) is 16.8 Å². The van der Waals surface area contributed by atoms with Gasteiger partial charge < -0.3 is 15.2 Å². The molecule has 0 bridgehead atoms. The van der Waals surface area contributed by atoms with Crippen molar-refractivity contribution < 1.29 is 29.0 Å². The lowest BCUT2D eigenvalue weighted by Crippen LogP contribution is -2.39. The van der Waals surface area contributed by atoms with E-state index in [-0.39, 0.29) is 45.8 Å². The molecule has 4 aliphatic rings. The van der Waals surface area contributed by atoms with Crippen LogP contribution in [-0.4, -0.2) is 35.1 Å². The lowest BCUT2D eigenvalue weighted by Gasteiger charge is -2.42. The predicted octanol–water partition coefficient (Wildman–Crippen LogP) is 6.50. The summed E-state index contributed by atoms with van der Waals surface area (Å²) in [5, 5.41) is 14.6. The minimum Gasteiger partial charge on any atom is -0.504 e. The van der Waals surface area contributed by atoms with Crippen LogP contribution in [0.15, 0.2) is 106 Å². The summed E-state index contributed by atoms with van der Waals surface area (Å²) in [6.07, 6.45) is 3.65. The molecule has 0 unspecified atom stereocenters. The summed E-state index contributed by atoms with van der Waals surface area (Å²) in [7, 11) is 0. The van der Waals surface area contributed by atoms with Gasteiger partial charge in [-0.2, -0.15) is 0 Å². The molecule has 9 heteroatoms. The van der Waals surface area contributed by atoms with Gasteiger partial charge in [0.05, 0.1) is 28.6 Å². The van der Waals surface area contributed by atoms with E-state index in [0.717, 1.165) is 16.9 Å². The number of rotatable bonds is 6. The molecule has 0 saturated carbocycles. The minimum absolute atomic E-state index is 0.117. The van der Waals surface area contributed by atoms with E-state index in [4.69, 9.17) is 4.74 Å². The lowest BCUT2D eigenvalue weighted by atomic mass is 9.59. The van der Waals surface area contributed by atoms with E-state index in [1.807, 2.05) is 48.5 Å². The molecule has 226 valence electrons. The second kappa shape index (κ2) is 11.3. The molecule has 7 rings (SSSR count). The van der Waals surface area contributed by atoms with E-state index in [0.29, 0.717) is 35.4 Å². The Bertz CT molecular complexity index is 1860. The molecule has 1 aliphatic heterocycles. The molecule has 1 fully saturated rings. The van der Waals surface area contributed by atoms with E-state index >= 15 is 0 Å². The first-order chi connectivity index (χ1) is 21.8. The number of nitrogens with one attached hydrogen (secondary N) is 1.